The smallest absolute Gasteiger partial charge is 0.261 e. The van der Waals surface area contributed by atoms with E-state index in [9.17, 15) is 9.18 Å². The number of oxime groups is 1. The Morgan fingerprint density at radius 1 is 1.40 bits per heavy atom. The highest BCUT2D eigenvalue weighted by Gasteiger charge is 2.02. The summed E-state index contributed by atoms with van der Waals surface area (Å²) in [5.74, 6) is -0.0236. The predicted molar refractivity (Wildman–Crippen MR) is 70.5 cm³/mol. The number of hydrogen-bond acceptors (Lipinski definition) is 4. The summed E-state index contributed by atoms with van der Waals surface area (Å²) < 4.78 is 17.9. The summed E-state index contributed by atoms with van der Waals surface area (Å²) >= 11 is 0. The highest BCUT2D eigenvalue weighted by molar-refractivity contribution is 5.79. The zero-order valence-electron chi connectivity index (χ0n) is 10.6. The second kappa shape index (κ2) is 7.08. The van der Waals surface area contributed by atoms with Gasteiger partial charge in [0.15, 0.2) is 6.61 Å². The predicted octanol–water partition coefficient (Wildman–Crippen LogP) is 2.09. The Kier molecular flexibility index (Phi) is 4.88. The SMILES string of the molecule is O=C(CO/N=C\c1cccc(F)c1)NCc1ccco1. The van der Waals surface area contributed by atoms with Crippen LogP contribution in [0, 0.1) is 5.82 Å². The largest absolute Gasteiger partial charge is 0.467 e. The molecule has 6 heteroatoms. The molecule has 2 aromatic rings. The monoisotopic (exact) mass is 276 g/mol. The zero-order chi connectivity index (χ0) is 14.2. The lowest BCUT2D eigenvalue weighted by Gasteiger charge is -2.01. The quantitative estimate of drug-likeness (QED) is 0.649. The first-order valence-corrected chi connectivity index (χ1v) is 5.94. The molecule has 0 atom stereocenters. The van der Waals surface area contributed by atoms with E-state index < -0.39 is 0 Å². The highest BCUT2D eigenvalue weighted by Crippen LogP contribution is 2.00. The van der Waals surface area contributed by atoms with Crippen molar-refractivity contribution in [2.75, 3.05) is 6.61 Å². The maximum Gasteiger partial charge on any atom is 0.261 e. The molecule has 2 rings (SSSR count). The van der Waals surface area contributed by atoms with Crippen LogP contribution in [0.3, 0.4) is 0 Å². The van der Waals surface area contributed by atoms with E-state index in [1.165, 1.54) is 24.6 Å². The third kappa shape index (κ3) is 4.56. The van der Waals surface area contributed by atoms with Gasteiger partial charge < -0.3 is 14.6 Å². The van der Waals surface area contributed by atoms with Gasteiger partial charge in [-0.15, -0.1) is 0 Å². The van der Waals surface area contributed by atoms with Gasteiger partial charge in [-0.25, -0.2) is 4.39 Å². The van der Waals surface area contributed by atoms with Crippen molar-refractivity contribution < 1.29 is 18.4 Å². The zero-order valence-corrected chi connectivity index (χ0v) is 10.6. The number of hydrogen-bond donors (Lipinski definition) is 1. The summed E-state index contributed by atoms with van der Waals surface area (Å²) in [7, 11) is 0. The normalized spacial score (nSPS) is 10.7. The van der Waals surface area contributed by atoms with Crippen LogP contribution >= 0.6 is 0 Å². The number of nitrogens with zero attached hydrogens (tertiary/aromatic N) is 1. The number of carbonyl (C=O) groups excluding carboxylic acids is 1. The summed E-state index contributed by atoms with van der Waals surface area (Å²) in [4.78, 5) is 16.2. The van der Waals surface area contributed by atoms with Crippen molar-refractivity contribution in [2.45, 2.75) is 6.54 Å². The number of furan rings is 1. The van der Waals surface area contributed by atoms with Gasteiger partial charge >= 0.3 is 0 Å². The molecule has 104 valence electrons. The molecule has 1 amide bonds. The van der Waals surface area contributed by atoms with Crippen LogP contribution in [-0.4, -0.2) is 18.7 Å². The fourth-order valence-electron chi connectivity index (χ4n) is 1.43. The lowest BCUT2D eigenvalue weighted by molar-refractivity contribution is -0.125. The molecule has 0 saturated heterocycles. The van der Waals surface area contributed by atoms with Crippen LogP contribution in [0.1, 0.15) is 11.3 Å². The van der Waals surface area contributed by atoms with E-state index in [0.29, 0.717) is 17.9 Å². The molecule has 20 heavy (non-hydrogen) atoms. The number of halogens is 1. The molecule has 0 fully saturated rings. The van der Waals surface area contributed by atoms with Gasteiger partial charge in [-0.05, 0) is 29.8 Å². The van der Waals surface area contributed by atoms with Crippen LogP contribution in [0.25, 0.3) is 0 Å². The van der Waals surface area contributed by atoms with Crippen LogP contribution in [0.5, 0.6) is 0 Å². The molecule has 0 aliphatic carbocycles. The van der Waals surface area contributed by atoms with Crippen molar-refractivity contribution in [1.82, 2.24) is 5.32 Å². The van der Waals surface area contributed by atoms with Crippen molar-refractivity contribution in [3.05, 3.63) is 59.8 Å². The van der Waals surface area contributed by atoms with Crippen LogP contribution in [-0.2, 0) is 16.2 Å². The van der Waals surface area contributed by atoms with Crippen LogP contribution in [0.15, 0.2) is 52.2 Å². The van der Waals surface area contributed by atoms with E-state index in [0.717, 1.165) is 0 Å². The van der Waals surface area contributed by atoms with Crippen molar-refractivity contribution >= 4 is 12.1 Å². The first-order chi connectivity index (χ1) is 9.74. The Morgan fingerprint density at radius 2 is 2.30 bits per heavy atom. The highest BCUT2D eigenvalue weighted by atomic mass is 19.1. The van der Waals surface area contributed by atoms with E-state index in [2.05, 4.69) is 10.5 Å². The Bertz CT molecular complexity index is 582. The molecule has 5 nitrogen and oxygen atoms in total. The fourth-order valence-corrected chi connectivity index (χ4v) is 1.43. The number of benzene rings is 1. The average molecular weight is 276 g/mol. The maximum atomic E-state index is 12.9. The number of carbonyl (C=O) groups is 1. The van der Waals surface area contributed by atoms with E-state index in [1.54, 1.807) is 24.3 Å². The van der Waals surface area contributed by atoms with Crippen molar-refractivity contribution in [3.63, 3.8) is 0 Å². The van der Waals surface area contributed by atoms with E-state index in [-0.39, 0.29) is 18.3 Å². The summed E-state index contributed by atoms with van der Waals surface area (Å²) in [6.45, 7) is 0.0787. The second-order valence-electron chi connectivity index (χ2n) is 3.92. The molecule has 0 saturated carbocycles. The molecule has 0 aliphatic heterocycles. The molecule has 0 unspecified atom stereocenters. The second-order valence-corrected chi connectivity index (χ2v) is 3.92. The van der Waals surface area contributed by atoms with E-state index in [1.807, 2.05) is 0 Å². The minimum atomic E-state index is -0.356. The number of rotatable bonds is 6. The van der Waals surface area contributed by atoms with E-state index in [4.69, 9.17) is 9.25 Å². The van der Waals surface area contributed by atoms with Gasteiger partial charge in [-0.2, -0.15) is 0 Å². The molecule has 1 N–H and O–H groups in total. The number of amides is 1. The third-order valence-electron chi connectivity index (χ3n) is 2.36. The standard InChI is InChI=1S/C14H13FN2O3/c15-12-4-1-3-11(7-12)8-17-20-10-14(18)16-9-13-5-2-6-19-13/h1-8H,9-10H2,(H,16,18)/b17-8-. The minimum Gasteiger partial charge on any atom is -0.467 e. The van der Waals surface area contributed by atoms with Gasteiger partial charge in [0.2, 0.25) is 0 Å². The van der Waals surface area contributed by atoms with Crippen LogP contribution in [0.2, 0.25) is 0 Å². The molecule has 0 radical (unpaired) electrons. The summed E-state index contributed by atoms with van der Waals surface area (Å²) in [5, 5.41) is 6.19. The van der Waals surface area contributed by atoms with Gasteiger partial charge in [0.05, 0.1) is 19.0 Å². The molecule has 0 bridgehead atoms. The van der Waals surface area contributed by atoms with Crippen LogP contribution < -0.4 is 5.32 Å². The van der Waals surface area contributed by atoms with Gasteiger partial charge in [0.25, 0.3) is 5.91 Å². The van der Waals surface area contributed by atoms with Gasteiger partial charge in [0, 0.05) is 0 Å². The first-order valence-electron chi connectivity index (χ1n) is 5.94. The van der Waals surface area contributed by atoms with Gasteiger partial charge in [-0.1, -0.05) is 17.3 Å². The fraction of sp³-hybridized carbons (Fsp3) is 0.143. The lowest BCUT2D eigenvalue weighted by Crippen LogP contribution is -2.26. The molecule has 1 aromatic heterocycles. The summed E-state index contributed by atoms with van der Waals surface area (Å²) in [6.07, 6.45) is 2.87. The minimum absolute atomic E-state index is 0.216. The molecule has 1 aromatic carbocycles. The Labute approximate surface area is 115 Å². The molecule has 1 heterocycles. The average Bonchev–Trinajstić information content (AvgIpc) is 2.95. The number of nitrogens with one attached hydrogen (secondary N) is 1. The van der Waals surface area contributed by atoms with Crippen LogP contribution in [0.4, 0.5) is 4.39 Å². The molecular formula is C14H13FN2O3. The van der Waals surface area contributed by atoms with Crippen molar-refractivity contribution in [1.29, 1.82) is 0 Å². The molecule has 0 spiro atoms. The Hall–Kier alpha value is -2.63. The van der Waals surface area contributed by atoms with Crippen molar-refractivity contribution in [3.8, 4) is 0 Å². The summed E-state index contributed by atoms with van der Waals surface area (Å²) in [6, 6.07) is 9.37. The van der Waals surface area contributed by atoms with Crippen molar-refractivity contribution in [2.24, 2.45) is 5.16 Å². The van der Waals surface area contributed by atoms with Gasteiger partial charge in [-0.3, -0.25) is 4.79 Å². The maximum absolute atomic E-state index is 12.9. The lowest BCUT2D eigenvalue weighted by atomic mass is 10.2. The van der Waals surface area contributed by atoms with Gasteiger partial charge in [0.1, 0.15) is 11.6 Å². The first kappa shape index (κ1) is 13.8. The van der Waals surface area contributed by atoms with E-state index >= 15 is 0 Å². The molecular weight excluding hydrogens is 263 g/mol. The molecule has 0 aliphatic rings. The summed E-state index contributed by atoms with van der Waals surface area (Å²) in [5.41, 5.74) is 0.556. The topological polar surface area (TPSA) is 63.8 Å². The third-order valence-corrected chi connectivity index (χ3v) is 2.36. The Balaban J connectivity index is 1.68. The Morgan fingerprint density at radius 3 is 3.05 bits per heavy atom.